The second-order valence-corrected chi connectivity index (χ2v) is 13.4. The monoisotopic (exact) mass is 537 g/mol. The summed E-state index contributed by atoms with van der Waals surface area (Å²) in [6.45, 7) is 6.23. The Kier molecular flexibility index (Phi) is 7.45. The maximum atomic E-state index is 11.8. The molecule has 0 spiro atoms. The summed E-state index contributed by atoms with van der Waals surface area (Å²) >= 11 is 12.4. The molecular weight excluding hydrogens is 505 g/mol. The summed E-state index contributed by atoms with van der Waals surface area (Å²) in [4.78, 5) is 14.1. The molecule has 190 valence electrons. The van der Waals surface area contributed by atoms with Crippen LogP contribution in [0.4, 0.5) is 11.6 Å². The van der Waals surface area contributed by atoms with E-state index < -0.39 is 9.84 Å². The lowest BCUT2D eigenvalue weighted by Crippen LogP contribution is -2.55. The summed E-state index contributed by atoms with van der Waals surface area (Å²) in [5, 5.41) is 4.65. The number of aromatic nitrogens is 2. The first-order chi connectivity index (χ1) is 16.8. The first-order valence-corrected chi connectivity index (χ1v) is 15.1. The maximum Gasteiger partial charge on any atom is 0.150 e. The number of sulfone groups is 1. The van der Waals surface area contributed by atoms with Crippen molar-refractivity contribution in [2.24, 2.45) is 11.8 Å². The SMILES string of the molecule is C[C@@H](Nc1cncc(N2CC([C@H]3CCCN(C4CCS(=O)(=O)CC4)C3)C2)n1)c1ccc(Cl)cc1Cl. The number of benzene rings is 1. The molecule has 3 fully saturated rings. The zero-order chi connectivity index (χ0) is 24.6. The lowest BCUT2D eigenvalue weighted by Gasteiger charge is -2.48. The quantitative estimate of drug-likeness (QED) is 0.572. The van der Waals surface area contributed by atoms with Gasteiger partial charge in [0.05, 0.1) is 29.9 Å². The molecule has 10 heteroatoms. The molecular formula is C25H33Cl2N5O2S. The normalized spacial score (nSPS) is 24.7. The van der Waals surface area contributed by atoms with Crippen molar-refractivity contribution in [3.8, 4) is 0 Å². The van der Waals surface area contributed by atoms with Crippen LogP contribution >= 0.6 is 23.2 Å². The first-order valence-electron chi connectivity index (χ1n) is 12.5. The van der Waals surface area contributed by atoms with Crippen molar-refractivity contribution in [2.45, 2.75) is 44.7 Å². The van der Waals surface area contributed by atoms with Gasteiger partial charge in [-0.15, -0.1) is 0 Å². The lowest BCUT2D eigenvalue weighted by molar-refractivity contribution is 0.0798. The van der Waals surface area contributed by atoms with Crippen molar-refractivity contribution in [2.75, 3.05) is 47.9 Å². The van der Waals surface area contributed by atoms with Crippen LogP contribution in [0.5, 0.6) is 0 Å². The van der Waals surface area contributed by atoms with Crippen molar-refractivity contribution in [1.29, 1.82) is 0 Å². The number of nitrogens with zero attached hydrogens (tertiary/aromatic N) is 4. The molecule has 0 amide bonds. The van der Waals surface area contributed by atoms with Crippen molar-refractivity contribution in [3.05, 3.63) is 46.2 Å². The molecule has 0 aliphatic carbocycles. The molecule has 35 heavy (non-hydrogen) atoms. The fraction of sp³-hybridized carbons (Fsp3) is 0.600. The van der Waals surface area contributed by atoms with Gasteiger partial charge in [0.2, 0.25) is 0 Å². The Morgan fingerprint density at radius 3 is 2.57 bits per heavy atom. The Labute approximate surface area is 218 Å². The molecule has 3 aliphatic heterocycles. The third-order valence-corrected chi connectivity index (χ3v) is 10.1. The fourth-order valence-electron chi connectivity index (χ4n) is 5.73. The summed E-state index contributed by atoms with van der Waals surface area (Å²) in [7, 11) is -2.81. The second kappa shape index (κ2) is 10.4. The zero-order valence-corrected chi connectivity index (χ0v) is 22.4. The van der Waals surface area contributed by atoms with E-state index in [-0.39, 0.29) is 6.04 Å². The van der Waals surface area contributed by atoms with E-state index in [9.17, 15) is 8.42 Å². The highest BCUT2D eigenvalue weighted by atomic mass is 35.5. The van der Waals surface area contributed by atoms with Gasteiger partial charge in [-0.25, -0.2) is 13.4 Å². The van der Waals surface area contributed by atoms with Crippen LogP contribution in [0.15, 0.2) is 30.6 Å². The van der Waals surface area contributed by atoms with Gasteiger partial charge in [0.1, 0.15) is 21.5 Å². The lowest BCUT2D eigenvalue weighted by atomic mass is 9.80. The number of likely N-dealkylation sites (tertiary alicyclic amines) is 1. The molecule has 1 aromatic carbocycles. The summed E-state index contributed by atoms with van der Waals surface area (Å²) < 4.78 is 23.6. The third-order valence-electron chi connectivity index (χ3n) is 7.85. The van der Waals surface area contributed by atoms with Crippen LogP contribution in [0.1, 0.15) is 44.2 Å². The summed E-state index contributed by atoms with van der Waals surface area (Å²) in [5.74, 6) is 3.63. The van der Waals surface area contributed by atoms with Crippen LogP contribution in [-0.4, -0.2) is 67.0 Å². The van der Waals surface area contributed by atoms with Crippen molar-refractivity contribution < 1.29 is 8.42 Å². The molecule has 3 saturated heterocycles. The molecule has 1 N–H and O–H groups in total. The van der Waals surface area contributed by atoms with Gasteiger partial charge in [0.25, 0.3) is 0 Å². The number of halogens is 2. The third kappa shape index (κ3) is 5.87. The van der Waals surface area contributed by atoms with E-state index in [2.05, 4.69) is 20.1 Å². The average molecular weight is 539 g/mol. The van der Waals surface area contributed by atoms with Crippen LogP contribution in [0.25, 0.3) is 0 Å². The smallest absolute Gasteiger partial charge is 0.150 e. The van der Waals surface area contributed by atoms with Crippen LogP contribution in [-0.2, 0) is 9.84 Å². The Bertz CT molecular complexity index is 1140. The topological polar surface area (TPSA) is 78.4 Å². The van der Waals surface area contributed by atoms with E-state index in [0.717, 1.165) is 56.2 Å². The van der Waals surface area contributed by atoms with Gasteiger partial charge in [-0.05, 0) is 68.7 Å². The van der Waals surface area contributed by atoms with Crippen molar-refractivity contribution in [1.82, 2.24) is 14.9 Å². The van der Waals surface area contributed by atoms with Gasteiger partial charge in [0.15, 0.2) is 0 Å². The summed E-state index contributed by atoms with van der Waals surface area (Å²) in [6, 6.07) is 5.92. The Balaban J connectivity index is 1.15. The molecule has 0 saturated carbocycles. The number of hydrogen-bond donors (Lipinski definition) is 1. The number of nitrogens with one attached hydrogen (secondary N) is 1. The number of rotatable bonds is 6. The second-order valence-electron chi connectivity index (χ2n) is 10.2. The average Bonchev–Trinajstić information content (AvgIpc) is 2.78. The summed E-state index contributed by atoms with van der Waals surface area (Å²) in [6.07, 6.45) is 7.62. The number of anilines is 2. The van der Waals surface area contributed by atoms with Gasteiger partial charge in [-0.3, -0.25) is 4.98 Å². The van der Waals surface area contributed by atoms with Crippen LogP contribution < -0.4 is 10.2 Å². The van der Waals surface area contributed by atoms with E-state index in [4.69, 9.17) is 28.2 Å². The van der Waals surface area contributed by atoms with Crippen LogP contribution in [0.3, 0.4) is 0 Å². The van der Waals surface area contributed by atoms with Gasteiger partial charge in [0, 0.05) is 35.7 Å². The molecule has 4 heterocycles. The highest BCUT2D eigenvalue weighted by Crippen LogP contribution is 2.35. The predicted molar refractivity (Wildman–Crippen MR) is 142 cm³/mol. The standard InChI is InChI=1S/C25H33Cl2N5O2S/c1-17(22-5-4-20(26)11-23(22)27)29-24-12-28-13-25(30-24)32-15-19(16-32)18-3-2-8-31(14-18)21-6-9-35(33,34)10-7-21/h4-5,11-13,17-19,21H,2-3,6-10,14-16H2,1H3,(H,29,30)/t17-,18+/m1/s1. The van der Waals surface area contributed by atoms with Crippen LogP contribution in [0.2, 0.25) is 10.0 Å². The van der Waals surface area contributed by atoms with E-state index in [1.165, 1.54) is 12.8 Å². The minimum absolute atomic E-state index is 0.0311. The molecule has 0 bridgehead atoms. The molecule has 2 atom stereocenters. The van der Waals surface area contributed by atoms with E-state index >= 15 is 0 Å². The van der Waals surface area contributed by atoms with Crippen molar-refractivity contribution in [3.63, 3.8) is 0 Å². The highest BCUT2D eigenvalue weighted by molar-refractivity contribution is 7.91. The fourth-order valence-corrected chi connectivity index (χ4v) is 7.77. The molecule has 7 nitrogen and oxygen atoms in total. The number of hydrogen-bond acceptors (Lipinski definition) is 7. The molecule has 2 aromatic rings. The van der Waals surface area contributed by atoms with E-state index in [1.807, 2.05) is 25.3 Å². The van der Waals surface area contributed by atoms with Crippen LogP contribution in [0, 0.1) is 11.8 Å². The Hall–Kier alpha value is -1.61. The van der Waals surface area contributed by atoms with Gasteiger partial charge in [-0.1, -0.05) is 29.3 Å². The van der Waals surface area contributed by atoms with Gasteiger partial charge < -0.3 is 15.1 Å². The first kappa shape index (κ1) is 25.1. The Morgan fingerprint density at radius 1 is 1.06 bits per heavy atom. The maximum absolute atomic E-state index is 11.8. The predicted octanol–water partition coefficient (Wildman–Crippen LogP) is 4.68. The largest absolute Gasteiger partial charge is 0.362 e. The molecule has 3 aliphatic rings. The molecule has 5 rings (SSSR count). The van der Waals surface area contributed by atoms with Gasteiger partial charge in [-0.2, -0.15) is 0 Å². The van der Waals surface area contributed by atoms with Crippen molar-refractivity contribution >= 4 is 44.7 Å². The minimum atomic E-state index is -2.81. The Morgan fingerprint density at radius 2 is 1.83 bits per heavy atom. The number of piperidine rings is 1. The molecule has 0 unspecified atom stereocenters. The minimum Gasteiger partial charge on any atom is -0.362 e. The van der Waals surface area contributed by atoms with E-state index in [0.29, 0.717) is 39.4 Å². The highest BCUT2D eigenvalue weighted by Gasteiger charge is 2.38. The van der Waals surface area contributed by atoms with E-state index in [1.54, 1.807) is 12.3 Å². The molecule has 1 aromatic heterocycles. The summed E-state index contributed by atoms with van der Waals surface area (Å²) in [5.41, 5.74) is 0.963. The van der Waals surface area contributed by atoms with Gasteiger partial charge >= 0.3 is 0 Å². The molecule has 0 radical (unpaired) electrons. The zero-order valence-electron chi connectivity index (χ0n) is 20.0.